The minimum Gasteiger partial charge on any atom is -0.303 e. The fourth-order valence-corrected chi connectivity index (χ4v) is 3.65. The number of hydrogen-bond donors (Lipinski definition) is 0. The lowest BCUT2D eigenvalue weighted by atomic mass is 10.1. The normalized spacial score (nSPS) is 11.1. The van der Waals surface area contributed by atoms with Crippen LogP contribution in [0, 0.1) is 0 Å². The summed E-state index contributed by atoms with van der Waals surface area (Å²) in [5.41, 5.74) is 4.23. The quantitative estimate of drug-likeness (QED) is 0.438. The number of fused-ring (bicyclic) bond motifs is 2. The van der Waals surface area contributed by atoms with Gasteiger partial charge in [0.15, 0.2) is 0 Å². The van der Waals surface area contributed by atoms with E-state index in [-0.39, 0.29) is 5.56 Å². The van der Waals surface area contributed by atoms with Gasteiger partial charge in [0.05, 0.1) is 28.8 Å². The second kappa shape index (κ2) is 6.78. The maximum atomic E-state index is 13.4. The van der Waals surface area contributed by atoms with Crippen molar-refractivity contribution in [2.24, 2.45) is 0 Å². The van der Waals surface area contributed by atoms with Gasteiger partial charge < -0.3 is 4.57 Å². The Balaban J connectivity index is 1.75. The molecule has 0 aliphatic rings. The van der Waals surface area contributed by atoms with E-state index in [2.05, 4.69) is 0 Å². The molecule has 134 valence electrons. The Labute approximate surface area is 162 Å². The van der Waals surface area contributed by atoms with E-state index in [9.17, 15) is 4.79 Å². The van der Waals surface area contributed by atoms with Crippen LogP contribution in [0.3, 0.4) is 0 Å². The Bertz CT molecular complexity index is 1350. The molecule has 0 spiro atoms. The minimum absolute atomic E-state index is 0.0228. The molecule has 0 atom stereocenters. The van der Waals surface area contributed by atoms with Crippen LogP contribution in [0.25, 0.3) is 33.1 Å². The van der Waals surface area contributed by atoms with E-state index in [1.54, 1.807) is 0 Å². The standard InChI is InChI=1S/C25H18N2O/c28-25-21(23-15-14-19-10-4-6-12-22(19)26-23)16-20-11-5-7-13-24(20)27(25)17-18-8-2-1-3-9-18/h1-16H,17H2. The average molecular weight is 362 g/mol. The van der Waals surface area contributed by atoms with Crippen molar-refractivity contribution in [3.63, 3.8) is 0 Å². The summed E-state index contributed by atoms with van der Waals surface area (Å²) >= 11 is 0. The van der Waals surface area contributed by atoms with Gasteiger partial charge in [0.2, 0.25) is 0 Å². The SMILES string of the molecule is O=c1c(-c2ccc3ccccc3n2)cc2ccccc2n1Cc1ccccc1. The third-order valence-electron chi connectivity index (χ3n) is 5.06. The number of aromatic nitrogens is 2. The molecule has 28 heavy (non-hydrogen) atoms. The van der Waals surface area contributed by atoms with E-state index < -0.39 is 0 Å². The Hall–Kier alpha value is -3.72. The zero-order valence-electron chi connectivity index (χ0n) is 15.2. The summed E-state index contributed by atoms with van der Waals surface area (Å²) < 4.78 is 1.84. The highest BCUT2D eigenvalue weighted by atomic mass is 16.1. The van der Waals surface area contributed by atoms with Gasteiger partial charge in [0.1, 0.15) is 0 Å². The molecule has 0 unspecified atom stereocenters. The van der Waals surface area contributed by atoms with E-state index in [4.69, 9.17) is 4.98 Å². The van der Waals surface area contributed by atoms with Crippen LogP contribution >= 0.6 is 0 Å². The molecule has 3 heteroatoms. The van der Waals surface area contributed by atoms with Crippen molar-refractivity contribution in [3.05, 3.63) is 113 Å². The summed E-state index contributed by atoms with van der Waals surface area (Å²) in [6.07, 6.45) is 0. The van der Waals surface area contributed by atoms with E-state index in [0.29, 0.717) is 17.8 Å². The monoisotopic (exact) mass is 362 g/mol. The van der Waals surface area contributed by atoms with Crippen molar-refractivity contribution >= 4 is 21.8 Å². The lowest BCUT2D eigenvalue weighted by Crippen LogP contribution is -2.23. The maximum absolute atomic E-state index is 13.4. The second-order valence-corrected chi connectivity index (χ2v) is 6.88. The van der Waals surface area contributed by atoms with Crippen molar-refractivity contribution < 1.29 is 0 Å². The summed E-state index contributed by atoms with van der Waals surface area (Å²) in [6, 6.07) is 31.9. The molecule has 0 saturated heterocycles. The van der Waals surface area contributed by atoms with Crippen molar-refractivity contribution in [3.8, 4) is 11.3 Å². The van der Waals surface area contributed by atoms with Crippen molar-refractivity contribution in [1.82, 2.24) is 9.55 Å². The molecule has 2 aromatic heterocycles. The molecule has 2 heterocycles. The van der Waals surface area contributed by atoms with Crippen LogP contribution in [0.5, 0.6) is 0 Å². The number of hydrogen-bond acceptors (Lipinski definition) is 2. The highest BCUT2D eigenvalue weighted by Gasteiger charge is 2.13. The van der Waals surface area contributed by atoms with Gasteiger partial charge in [0.25, 0.3) is 5.56 Å². The molecule has 0 radical (unpaired) electrons. The third-order valence-corrected chi connectivity index (χ3v) is 5.06. The largest absolute Gasteiger partial charge is 0.303 e. The molecular formula is C25H18N2O. The molecule has 5 aromatic rings. The van der Waals surface area contributed by atoms with Gasteiger partial charge in [-0.05, 0) is 35.2 Å². The maximum Gasteiger partial charge on any atom is 0.260 e. The summed E-state index contributed by atoms with van der Waals surface area (Å²) in [6.45, 7) is 0.529. The summed E-state index contributed by atoms with van der Waals surface area (Å²) in [5.74, 6) is 0. The van der Waals surface area contributed by atoms with Gasteiger partial charge in [-0.3, -0.25) is 4.79 Å². The molecule has 0 bridgehead atoms. The molecule has 5 rings (SSSR count). The van der Waals surface area contributed by atoms with Crippen LogP contribution in [-0.4, -0.2) is 9.55 Å². The van der Waals surface area contributed by atoms with Crippen molar-refractivity contribution in [2.75, 3.05) is 0 Å². The molecule has 0 aliphatic heterocycles. The van der Waals surface area contributed by atoms with Gasteiger partial charge in [-0.25, -0.2) is 4.98 Å². The fraction of sp³-hybridized carbons (Fsp3) is 0.0400. The van der Waals surface area contributed by atoms with E-state index in [1.165, 1.54) is 0 Å². The molecule has 0 aliphatic carbocycles. The number of nitrogens with zero attached hydrogens (tertiary/aromatic N) is 2. The lowest BCUT2D eigenvalue weighted by molar-refractivity contribution is 0.796. The highest BCUT2D eigenvalue weighted by Crippen LogP contribution is 2.23. The van der Waals surface area contributed by atoms with Crippen molar-refractivity contribution in [1.29, 1.82) is 0 Å². The number of rotatable bonds is 3. The summed E-state index contributed by atoms with van der Waals surface area (Å²) in [7, 11) is 0. The zero-order valence-corrected chi connectivity index (χ0v) is 15.2. The van der Waals surface area contributed by atoms with Crippen LogP contribution in [0.4, 0.5) is 0 Å². The predicted octanol–water partition coefficient (Wildman–Crippen LogP) is 5.27. The zero-order chi connectivity index (χ0) is 18.9. The molecule has 0 fully saturated rings. The Morgan fingerprint density at radius 2 is 1.43 bits per heavy atom. The smallest absolute Gasteiger partial charge is 0.260 e. The molecule has 0 amide bonds. The topological polar surface area (TPSA) is 34.9 Å². The van der Waals surface area contributed by atoms with Gasteiger partial charge >= 0.3 is 0 Å². The Morgan fingerprint density at radius 3 is 2.29 bits per heavy atom. The first-order chi connectivity index (χ1) is 13.8. The van der Waals surface area contributed by atoms with Gasteiger partial charge in [-0.15, -0.1) is 0 Å². The van der Waals surface area contributed by atoms with E-state index in [1.807, 2.05) is 102 Å². The number of para-hydroxylation sites is 2. The molecule has 3 nitrogen and oxygen atoms in total. The average Bonchev–Trinajstić information content (AvgIpc) is 2.76. The first-order valence-corrected chi connectivity index (χ1v) is 9.32. The molecule has 0 saturated carbocycles. The lowest BCUT2D eigenvalue weighted by Gasteiger charge is -2.13. The number of pyridine rings is 2. The molecule has 0 N–H and O–H groups in total. The Kier molecular flexibility index (Phi) is 3.99. The van der Waals surface area contributed by atoms with Gasteiger partial charge in [-0.2, -0.15) is 0 Å². The highest BCUT2D eigenvalue weighted by molar-refractivity contribution is 5.86. The van der Waals surface area contributed by atoms with Crippen LogP contribution in [0.2, 0.25) is 0 Å². The van der Waals surface area contributed by atoms with Crippen molar-refractivity contribution in [2.45, 2.75) is 6.54 Å². The van der Waals surface area contributed by atoms with Crippen LogP contribution in [-0.2, 0) is 6.54 Å². The summed E-state index contributed by atoms with van der Waals surface area (Å²) in [5, 5.41) is 2.10. The second-order valence-electron chi connectivity index (χ2n) is 6.88. The molecular weight excluding hydrogens is 344 g/mol. The molecule has 3 aromatic carbocycles. The van der Waals surface area contributed by atoms with E-state index >= 15 is 0 Å². The van der Waals surface area contributed by atoms with Crippen LogP contribution in [0.1, 0.15) is 5.56 Å². The minimum atomic E-state index is -0.0228. The third kappa shape index (κ3) is 2.87. The summed E-state index contributed by atoms with van der Waals surface area (Å²) in [4.78, 5) is 18.2. The first-order valence-electron chi connectivity index (χ1n) is 9.32. The Morgan fingerprint density at radius 1 is 0.714 bits per heavy atom. The van der Waals surface area contributed by atoms with Gasteiger partial charge in [-0.1, -0.05) is 72.8 Å². The van der Waals surface area contributed by atoms with Gasteiger partial charge in [0, 0.05) is 5.39 Å². The van der Waals surface area contributed by atoms with Crippen LogP contribution in [0.15, 0.2) is 102 Å². The van der Waals surface area contributed by atoms with E-state index in [0.717, 1.165) is 27.4 Å². The fourth-order valence-electron chi connectivity index (χ4n) is 3.65. The first kappa shape index (κ1) is 16.5. The van der Waals surface area contributed by atoms with Crippen LogP contribution < -0.4 is 5.56 Å². The predicted molar refractivity (Wildman–Crippen MR) is 114 cm³/mol. The number of benzene rings is 3.